The van der Waals surface area contributed by atoms with E-state index in [0.717, 1.165) is 25.8 Å². The molecule has 100 valence electrons. The van der Waals surface area contributed by atoms with Crippen LogP contribution in [0.5, 0.6) is 0 Å². The largest absolute Gasteiger partial charge is 0.381 e. The number of nitrogens with one attached hydrogen (secondary N) is 1. The molecule has 0 spiro atoms. The van der Waals surface area contributed by atoms with E-state index in [2.05, 4.69) is 24.2 Å². The van der Waals surface area contributed by atoms with Gasteiger partial charge in [0.05, 0.1) is 0 Å². The van der Waals surface area contributed by atoms with Gasteiger partial charge in [0, 0.05) is 32.3 Å². The highest BCUT2D eigenvalue weighted by molar-refractivity contribution is 4.92. The summed E-state index contributed by atoms with van der Waals surface area (Å²) in [6.45, 7) is 7.89. The summed E-state index contributed by atoms with van der Waals surface area (Å²) in [5.41, 5.74) is 0.463. The maximum Gasteiger partial charge on any atom is 0.0472 e. The standard InChI is InChI=1S/C14H28N2O/c1-3-8-16(13-4-5-13)12-14(11-15-2)6-9-17-10-7-14/h13,15H,3-12H2,1-2H3. The van der Waals surface area contributed by atoms with Crippen molar-refractivity contribution < 1.29 is 4.74 Å². The molecular formula is C14H28N2O. The van der Waals surface area contributed by atoms with E-state index >= 15 is 0 Å². The molecule has 1 saturated heterocycles. The molecule has 0 aromatic carbocycles. The SMILES string of the molecule is CCCN(CC1(CNC)CCOCC1)C1CC1. The van der Waals surface area contributed by atoms with Crippen LogP contribution < -0.4 is 5.32 Å². The normalized spacial score (nSPS) is 24.2. The van der Waals surface area contributed by atoms with Gasteiger partial charge in [-0.15, -0.1) is 0 Å². The Bertz CT molecular complexity index is 217. The van der Waals surface area contributed by atoms with Crippen LogP contribution in [0.3, 0.4) is 0 Å². The van der Waals surface area contributed by atoms with E-state index < -0.39 is 0 Å². The zero-order chi connectivity index (χ0) is 12.1. The molecule has 0 unspecified atom stereocenters. The Morgan fingerprint density at radius 2 is 2.00 bits per heavy atom. The monoisotopic (exact) mass is 240 g/mol. The summed E-state index contributed by atoms with van der Waals surface area (Å²) in [6.07, 6.45) is 6.57. The molecule has 1 saturated carbocycles. The number of hydrogen-bond acceptors (Lipinski definition) is 3. The number of nitrogens with zero attached hydrogens (tertiary/aromatic N) is 1. The van der Waals surface area contributed by atoms with Crippen LogP contribution in [0.4, 0.5) is 0 Å². The molecular weight excluding hydrogens is 212 g/mol. The van der Waals surface area contributed by atoms with Gasteiger partial charge in [0.1, 0.15) is 0 Å². The highest BCUT2D eigenvalue weighted by Crippen LogP contribution is 2.35. The molecule has 3 heteroatoms. The Hall–Kier alpha value is -0.120. The molecule has 0 bridgehead atoms. The Morgan fingerprint density at radius 3 is 2.53 bits per heavy atom. The summed E-state index contributed by atoms with van der Waals surface area (Å²) >= 11 is 0. The Morgan fingerprint density at radius 1 is 1.29 bits per heavy atom. The van der Waals surface area contributed by atoms with Crippen LogP contribution in [-0.4, -0.2) is 50.8 Å². The van der Waals surface area contributed by atoms with Crippen LogP contribution in [0, 0.1) is 5.41 Å². The maximum absolute atomic E-state index is 5.54. The second-order valence-electron chi connectivity index (χ2n) is 5.84. The molecule has 0 aromatic heterocycles. The molecule has 0 aromatic rings. The first-order valence-corrected chi connectivity index (χ1v) is 7.26. The van der Waals surface area contributed by atoms with Crippen molar-refractivity contribution in [3.05, 3.63) is 0 Å². The van der Waals surface area contributed by atoms with Gasteiger partial charge in [-0.2, -0.15) is 0 Å². The van der Waals surface area contributed by atoms with Gasteiger partial charge in [-0.1, -0.05) is 6.92 Å². The van der Waals surface area contributed by atoms with Gasteiger partial charge in [0.25, 0.3) is 0 Å². The van der Waals surface area contributed by atoms with Crippen molar-refractivity contribution in [3.63, 3.8) is 0 Å². The lowest BCUT2D eigenvalue weighted by atomic mass is 9.79. The van der Waals surface area contributed by atoms with Gasteiger partial charge in [-0.3, -0.25) is 4.90 Å². The average molecular weight is 240 g/mol. The smallest absolute Gasteiger partial charge is 0.0472 e. The summed E-state index contributed by atoms with van der Waals surface area (Å²) in [5, 5.41) is 3.40. The van der Waals surface area contributed by atoms with Crippen molar-refractivity contribution in [3.8, 4) is 0 Å². The van der Waals surface area contributed by atoms with E-state index in [1.807, 2.05) is 0 Å². The van der Waals surface area contributed by atoms with E-state index in [0.29, 0.717) is 5.41 Å². The van der Waals surface area contributed by atoms with Gasteiger partial charge in [-0.25, -0.2) is 0 Å². The molecule has 2 aliphatic rings. The first-order valence-electron chi connectivity index (χ1n) is 7.26. The summed E-state index contributed by atoms with van der Waals surface area (Å²) in [6, 6.07) is 0.895. The van der Waals surface area contributed by atoms with Gasteiger partial charge in [0.15, 0.2) is 0 Å². The molecule has 1 aliphatic heterocycles. The van der Waals surface area contributed by atoms with E-state index in [1.54, 1.807) is 0 Å². The predicted molar refractivity (Wildman–Crippen MR) is 71.3 cm³/mol. The van der Waals surface area contributed by atoms with Crippen LogP contribution in [0.2, 0.25) is 0 Å². The van der Waals surface area contributed by atoms with Crippen molar-refractivity contribution >= 4 is 0 Å². The Labute approximate surface area is 106 Å². The van der Waals surface area contributed by atoms with E-state index in [-0.39, 0.29) is 0 Å². The van der Waals surface area contributed by atoms with E-state index in [9.17, 15) is 0 Å². The molecule has 0 atom stereocenters. The fraction of sp³-hybridized carbons (Fsp3) is 1.00. The molecule has 1 aliphatic carbocycles. The third-order valence-corrected chi connectivity index (χ3v) is 4.22. The Kier molecular flexibility index (Phi) is 4.83. The lowest BCUT2D eigenvalue weighted by molar-refractivity contribution is -0.00497. The van der Waals surface area contributed by atoms with Gasteiger partial charge < -0.3 is 10.1 Å². The lowest BCUT2D eigenvalue weighted by Gasteiger charge is -2.41. The van der Waals surface area contributed by atoms with E-state index in [4.69, 9.17) is 4.74 Å². The Balaban J connectivity index is 1.94. The third-order valence-electron chi connectivity index (χ3n) is 4.22. The molecule has 1 N–H and O–H groups in total. The molecule has 1 heterocycles. The minimum Gasteiger partial charge on any atom is -0.381 e. The van der Waals surface area contributed by atoms with Crippen LogP contribution in [-0.2, 0) is 4.74 Å². The third kappa shape index (κ3) is 3.67. The zero-order valence-electron chi connectivity index (χ0n) is 11.5. The van der Waals surface area contributed by atoms with Crippen molar-refractivity contribution in [2.45, 2.75) is 45.1 Å². The summed E-state index contributed by atoms with van der Waals surface area (Å²) < 4.78 is 5.54. The maximum atomic E-state index is 5.54. The number of hydrogen-bond donors (Lipinski definition) is 1. The highest BCUT2D eigenvalue weighted by atomic mass is 16.5. The van der Waals surface area contributed by atoms with Gasteiger partial charge >= 0.3 is 0 Å². The van der Waals surface area contributed by atoms with Crippen LogP contribution in [0.1, 0.15) is 39.0 Å². The zero-order valence-corrected chi connectivity index (χ0v) is 11.5. The average Bonchev–Trinajstić information content (AvgIpc) is 3.14. The van der Waals surface area contributed by atoms with Crippen LogP contribution in [0.15, 0.2) is 0 Å². The first kappa shape index (κ1) is 13.3. The van der Waals surface area contributed by atoms with Crippen molar-refractivity contribution in [1.82, 2.24) is 10.2 Å². The number of ether oxygens (including phenoxy) is 1. The van der Waals surface area contributed by atoms with Gasteiger partial charge in [-0.05, 0) is 51.1 Å². The summed E-state index contributed by atoms with van der Waals surface area (Å²) in [5.74, 6) is 0. The quantitative estimate of drug-likeness (QED) is 0.735. The molecule has 2 fully saturated rings. The second-order valence-corrected chi connectivity index (χ2v) is 5.84. The molecule has 2 rings (SSSR count). The van der Waals surface area contributed by atoms with Crippen molar-refractivity contribution in [2.24, 2.45) is 5.41 Å². The van der Waals surface area contributed by atoms with Crippen LogP contribution >= 0.6 is 0 Å². The second kappa shape index (κ2) is 6.17. The highest BCUT2D eigenvalue weighted by Gasteiger charge is 2.38. The topological polar surface area (TPSA) is 24.5 Å². The summed E-state index contributed by atoms with van der Waals surface area (Å²) in [7, 11) is 2.08. The van der Waals surface area contributed by atoms with Crippen LogP contribution in [0.25, 0.3) is 0 Å². The number of rotatable bonds is 7. The fourth-order valence-electron chi connectivity index (χ4n) is 3.12. The van der Waals surface area contributed by atoms with Crippen molar-refractivity contribution in [1.29, 1.82) is 0 Å². The molecule has 3 nitrogen and oxygen atoms in total. The minimum atomic E-state index is 0.463. The molecule has 17 heavy (non-hydrogen) atoms. The lowest BCUT2D eigenvalue weighted by Crippen LogP contribution is -2.47. The molecule has 0 radical (unpaired) electrons. The summed E-state index contributed by atoms with van der Waals surface area (Å²) in [4.78, 5) is 2.74. The molecule has 0 amide bonds. The first-order chi connectivity index (χ1) is 8.29. The predicted octanol–water partition coefficient (Wildman–Crippen LogP) is 1.88. The van der Waals surface area contributed by atoms with Crippen molar-refractivity contribution in [2.75, 3.05) is 39.9 Å². The van der Waals surface area contributed by atoms with E-state index in [1.165, 1.54) is 45.2 Å². The minimum absolute atomic E-state index is 0.463. The van der Waals surface area contributed by atoms with Gasteiger partial charge in [0.2, 0.25) is 0 Å². The fourth-order valence-corrected chi connectivity index (χ4v) is 3.12.